The van der Waals surface area contributed by atoms with Gasteiger partial charge in [0.05, 0.1) is 6.54 Å². The summed E-state index contributed by atoms with van der Waals surface area (Å²) in [5, 5.41) is 0.331. The Bertz CT molecular complexity index is 310. The number of hydrogen-bond donors (Lipinski definition) is 0. The molecule has 0 aliphatic carbocycles. The maximum absolute atomic E-state index is 12.0. The van der Waals surface area contributed by atoms with Crippen LogP contribution in [0.1, 0.15) is 5.56 Å². The molecule has 0 aliphatic heterocycles. The third-order valence-electron chi connectivity index (χ3n) is 1.69. The van der Waals surface area contributed by atoms with E-state index in [1.165, 1.54) is 18.1 Å². The molecule has 1 heterocycles. The molecule has 1 aromatic heterocycles. The lowest BCUT2D eigenvalue weighted by molar-refractivity contribution is -0.144. The zero-order chi connectivity index (χ0) is 11.5. The van der Waals surface area contributed by atoms with E-state index in [9.17, 15) is 13.2 Å². The molecule has 0 spiro atoms. The van der Waals surface area contributed by atoms with Gasteiger partial charge in [0.25, 0.3) is 0 Å². The number of nitrogens with zero attached hydrogens (tertiary/aromatic N) is 2. The van der Waals surface area contributed by atoms with Crippen molar-refractivity contribution in [3.8, 4) is 0 Å². The topological polar surface area (TPSA) is 16.1 Å². The first-order chi connectivity index (χ1) is 6.87. The van der Waals surface area contributed by atoms with Crippen molar-refractivity contribution in [2.75, 3.05) is 13.6 Å². The lowest BCUT2D eigenvalue weighted by atomic mass is 10.3. The van der Waals surface area contributed by atoms with Crippen LogP contribution in [0.4, 0.5) is 13.2 Å². The highest BCUT2D eigenvalue weighted by Gasteiger charge is 2.28. The lowest BCUT2D eigenvalue weighted by Crippen LogP contribution is -2.30. The number of rotatable bonds is 3. The molecule has 0 bridgehead atoms. The fourth-order valence-electron chi connectivity index (χ4n) is 1.17. The maximum Gasteiger partial charge on any atom is 0.401 e. The van der Waals surface area contributed by atoms with Crippen LogP contribution in [0.3, 0.4) is 0 Å². The molecule has 0 aliphatic rings. The number of pyridine rings is 1. The van der Waals surface area contributed by atoms with E-state index in [0.29, 0.717) is 10.7 Å². The van der Waals surface area contributed by atoms with Crippen LogP contribution in [0.15, 0.2) is 18.3 Å². The quantitative estimate of drug-likeness (QED) is 0.753. The molecule has 0 saturated heterocycles. The van der Waals surface area contributed by atoms with E-state index in [-0.39, 0.29) is 6.54 Å². The molecule has 0 amide bonds. The summed E-state index contributed by atoms with van der Waals surface area (Å²) >= 11 is 5.55. The van der Waals surface area contributed by atoms with Gasteiger partial charge in [-0.3, -0.25) is 4.90 Å². The summed E-state index contributed by atoms with van der Waals surface area (Å²) in [6.45, 7) is -0.737. The van der Waals surface area contributed by atoms with E-state index in [4.69, 9.17) is 11.6 Å². The first kappa shape index (κ1) is 12.3. The first-order valence-corrected chi connectivity index (χ1v) is 4.60. The van der Waals surface area contributed by atoms with E-state index in [1.54, 1.807) is 12.1 Å². The van der Waals surface area contributed by atoms with Crippen molar-refractivity contribution in [2.24, 2.45) is 0 Å². The van der Waals surface area contributed by atoms with Crippen LogP contribution in [0.5, 0.6) is 0 Å². The lowest BCUT2D eigenvalue weighted by Gasteiger charge is -2.18. The van der Waals surface area contributed by atoms with Crippen molar-refractivity contribution in [3.05, 3.63) is 29.0 Å². The summed E-state index contributed by atoms with van der Waals surface area (Å²) in [4.78, 5) is 4.96. The molecule has 84 valence electrons. The normalized spacial score (nSPS) is 12.1. The fraction of sp³-hybridized carbons (Fsp3) is 0.444. The fourth-order valence-corrected chi connectivity index (χ4v) is 1.29. The van der Waals surface area contributed by atoms with Gasteiger partial charge in [-0.05, 0) is 18.7 Å². The summed E-state index contributed by atoms with van der Waals surface area (Å²) in [7, 11) is 1.40. The molecule has 0 atom stereocenters. The number of alkyl halides is 3. The van der Waals surface area contributed by atoms with E-state index in [0.717, 1.165) is 0 Å². The van der Waals surface area contributed by atoms with Crippen LogP contribution >= 0.6 is 11.6 Å². The average Bonchev–Trinajstić information content (AvgIpc) is 2.05. The Morgan fingerprint density at radius 1 is 1.40 bits per heavy atom. The summed E-state index contributed by atoms with van der Waals surface area (Å²) in [6.07, 6.45) is -2.70. The van der Waals surface area contributed by atoms with Crippen LogP contribution in [0.2, 0.25) is 5.15 Å². The van der Waals surface area contributed by atoms with Crippen LogP contribution < -0.4 is 0 Å². The Labute approximate surface area is 90.7 Å². The average molecular weight is 239 g/mol. The third kappa shape index (κ3) is 4.99. The maximum atomic E-state index is 12.0. The van der Waals surface area contributed by atoms with Crippen LogP contribution in [0.25, 0.3) is 0 Å². The molecule has 2 nitrogen and oxygen atoms in total. The Kier molecular flexibility index (Phi) is 3.93. The summed E-state index contributed by atoms with van der Waals surface area (Å²) in [5.74, 6) is 0. The SMILES string of the molecule is CN(Cc1ccc(Cl)nc1)CC(F)(F)F. The number of aromatic nitrogens is 1. The molecule has 0 aromatic carbocycles. The first-order valence-electron chi connectivity index (χ1n) is 4.22. The van der Waals surface area contributed by atoms with Gasteiger partial charge in [-0.15, -0.1) is 0 Å². The largest absolute Gasteiger partial charge is 0.401 e. The van der Waals surface area contributed by atoms with Gasteiger partial charge in [0.1, 0.15) is 5.15 Å². The van der Waals surface area contributed by atoms with Crippen molar-refractivity contribution < 1.29 is 13.2 Å². The second-order valence-corrected chi connectivity index (χ2v) is 3.66. The Morgan fingerprint density at radius 3 is 2.53 bits per heavy atom. The minimum absolute atomic E-state index is 0.198. The summed E-state index contributed by atoms with van der Waals surface area (Å²) < 4.78 is 36.0. The number of hydrogen-bond acceptors (Lipinski definition) is 2. The Balaban J connectivity index is 2.51. The van der Waals surface area contributed by atoms with E-state index in [2.05, 4.69) is 4.98 Å². The molecule has 0 fully saturated rings. The zero-order valence-electron chi connectivity index (χ0n) is 8.05. The van der Waals surface area contributed by atoms with Gasteiger partial charge in [-0.25, -0.2) is 4.98 Å². The van der Waals surface area contributed by atoms with Gasteiger partial charge in [-0.1, -0.05) is 17.7 Å². The zero-order valence-corrected chi connectivity index (χ0v) is 8.81. The van der Waals surface area contributed by atoms with Crippen molar-refractivity contribution in [1.82, 2.24) is 9.88 Å². The second kappa shape index (κ2) is 4.81. The van der Waals surface area contributed by atoms with Gasteiger partial charge < -0.3 is 0 Å². The molecular weight excluding hydrogens is 229 g/mol. The van der Waals surface area contributed by atoms with Gasteiger partial charge in [0.2, 0.25) is 0 Å². The molecule has 0 saturated carbocycles. The van der Waals surface area contributed by atoms with Crippen LogP contribution in [-0.2, 0) is 6.54 Å². The second-order valence-electron chi connectivity index (χ2n) is 3.28. The van der Waals surface area contributed by atoms with Gasteiger partial charge in [0, 0.05) is 12.7 Å². The van der Waals surface area contributed by atoms with E-state index >= 15 is 0 Å². The highest BCUT2D eigenvalue weighted by Crippen LogP contribution is 2.17. The molecule has 6 heteroatoms. The van der Waals surface area contributed by atoms with Crippen molar-refractivity contribution in [3.63, 3.8) is 0 Å². The minimum atomic E-state index is -4.17. The molecule has 1 rings (SSSR count). The third-order valence-corrected chi connectivity index (χ3v) is 1.91. The molecule has 0 unspecified atom stereocenters. The predicted molar refractivity (Wildman–Crippen MR) is 51.6 cm³/mol. The highest BCUT2D eigenvalue weighted by molar-refractivity contribution is 6.29. The van der Waals surface area contributed by atoms with Gasteiger partial charge in [0.15, 0.2) is 0 Å². The number of halogens is 4. The monoisotopic (exact) mass is 238 g/mol. The van der Waals surface area contributed by atoms with E-state index < -0.39 is 12.7 Å². The molecule has 1 aromatic rings. The van der Waals surface area contributed by atoms with Crippen molar-refractivity contribution in [2.45, 2.75) is 12.7 Å². The summed E-state index contributed by atoms with van der Waals surface area (Å²) in [5.41, 5.74) is 0.700. The Hall–Kier alpha value is -0.810. The highest BCUT2D eigenvalue weighted by atomic mass is 35.5. The molecule has 0 N–H and O–H groups in total. The molecular formula is C9H10ClF3N2. The van der Waals surface area contributed by atoms with E-state index in [1.807, 2.05) is 0 Å². The van der Waals surface area contributed by atoms with Crippen molar-refractivity contribution >= 4 is 11.6 Å². The molecule has 0 radical (unpaired) electrons. The predicted octanol–water partition coefficient (Wildman–Crippen LogP) is 2.73. The minimum Gasteiger partial charge on any atom is -0.294 e. The standard InChI is InChI=1S/C9H10ClF3N2/c1-15(6-9(11,12)13)5-7-2-3-8(10)14-4-7/h2-4H,5-6H2,1H3. The smallest absolute Gasteiger partial charge is 0.294 e. The van der Waals surface area contributed by atoms with Crippen LogP contribution in [-0.4, -0.2) is 29.7 Å². The summed E-state index contributed by atoms with van der Waals surface area (Å²) in [6, 6.07) is 3.21. The van der Waals surface area contributed by atoms with Gasteiger partial charge in [-0.2, -0.15) is 13.2 Å². The van der Waals surface area contributed by atoms with Crippen LogP contribution in [0, 0.1) is 0 Å². The molecule has 15 heavy (non-hydrogen) atoms. The van der Waals surface area contributed by atoms with Crippen molar-refractivity contribution in [1.29, 1.82) is 0 Å². The van der Waals surface area contributed by atoms with Gasteiger partial charge >= 0.3 is 6.18 Å². The Morgan fingerprint density at radius 2 is 2.07 bits per heavy atom.